The zero-order valence-corrected chi connectivity index (χ0v) is 31.8. The van der Waals surface area contributed by atoms with Crippen molar-refractivity contribution in [1.82, 2.24) is 0 Å². The number of benzene rings is 6. The lowest BCUT2D eigenvalue weighted by Gasteiger charge is -2.20. The van der Waals surface area contributed by atoms with Crippen LogP contribution in [-0.4, -0.2) is 59.0 Å². The maximum atomic E-state index is 14.1. The lowest BCUT2D eigenvalue weighted by molar-refractivity contribution is 0.262. The SMILES string of the molecule is Cc1ccc2c(NC(=O)Nc3c4ccc(C)c3S(=O)(=O)N4c3cc(O)c4cc(S(=O)(=O)O)ccc4c3)c1S(=O)(=O)N2c1cc(O)c2cc(S(=O)(=O)O)ccc2c1. The van der Waals surface area contributed by atoms with Crippen LogP contribution in [0.2, 0.25) is 0 Å². The van der Waals surface area contributed by atoms with Gasteiger partial charge in [-0.2, -0.15) is 16.8 Å². The number of aromatic hydroxyl groups is 2. The van der Waals surface area contributed by atoms with Gasteiger partial charge in [0.15, 0.2) is 0 Å². The predicted octanol–water partition coefficient (Wildman–Crippen LogP) is 5.84. The zero-order chi connectivity index (χ0) is 40.4. The Kier molecular flexibility index (Phi) is 7.93. The van der Waals surface area contributed by atoms with Crippen molar-refractivity contribution in [2.24, 2.45) is 0 Å². The number of phenolic OH excluding ortho intramolecular Hbond substituents is 2. The van der Waals surface area contributed by atoms with E-state index in [4.69, 9.17) is 0 Å². The molecule has 0 unspecified atom stereocenters. The third-order valence-electron chi connectivity index (χ3n) is 9.42. The second-order valence-corrected chi connectivity index (χ2v) is 19.3. The second-order valence-electron chi connectivity index (χ2n) is 13.0. The number of hydrogen-bond donors (Lipinski definition) is 6. The number of sulfonamides is 2. The Morgan fingerprint density at radius 1 is 0.571 bits per heavy atom. The van der Waals surface area contributed by atoms with Gasteiger partial charge in [-0.1, -0.05) is 24.3 Å². The number of carbonyl (C=O) groups is 1. The molecule has 0 spiro atoms. The van der Waals surface area contributed by atoms with Crippen LogP contribution in [0.4, 0.5) is 38.9 Å². The van der Waals surface area contributed by atoms with Gasteiger partial charge in [-0.25, -0.2) is 30.2 Å². The van der Waals surface area contributed by atoms with Gasteiger partial charge in [0.1, 0.15) is 21.3 Å². The van der Waals surface area contributed by atoms with E-state index in [9.17, 15) is 57.8 Å². The highest BCUT2D eigenvalue weighted by Gasteiger charge is 2.43. The molecule has 4 bridgehead atoms. The van der Waals surface area contributed by atoms with Crippen LogP contribution in [0.1, 0.15) is 11.1 Å². The standard InChI is InChI=1S/C35H26N4O13S4/c1-17-3-9-27-31(33(17)53(43,44)38(27)21-11-19-5-7-23(55(47,48)49)15-25(19)29(40)13-21)36-35(42)37-32-28-10-4-18(2)34(32)54(45,46)39(28)22-12-20-6-8-24(56(50,51)52)16-26(20)30(41)14-22/h3-16,40-41H,1-2H3,(H2,36,37,42)(H,47,48,49)(H,50,51,52). The number of fused-ring (bicyclic) bond motifs is 6. The van der Waals surface area contributed by atoms with Gasteiger partial charge in [0.05, 0.1) is 43.9 Å². The maximum absolute atomic E-state index is 14.1. The van der Waals surface area contributed by atoms with Crippen molar-refractivity contribution in [2.45, 2.75) is 33.4 Å². The number of carbonyl (C=O) groups excluding carboxylic acids is 1. The minimum Gasteiger partial charge on any atom is -0.507 e. The van der Waals surface area contributed by atoms with Crippen molar-refractivity contribution >= 4 is 102 Å². The van der Waals surface area contributed by atoms with E-state index in [-0.39, 0.29) is 76.6 Å². The molecule has 6 aromatic rings. The van der Waals surface area contributed by atoms with E-state index in [1.807, 2.05) is 0 Å². The summed E-state index contributed by atoms with van der Waals surface area (Å²) in [6.07, 6.45) is 0. The number of rotatable bonds is 6. The van der Waals surface area contributed by atoms with E-state index in [1.165, 1.54) is 62.4 Å². The zero-order valence-electron chi connectivity index (χ0n) is 28.6. The maximum Gasteiger partial charge on any atom is 0.323 e. The summed E-state index contributed by atoms with van der Waals surface area (Å²) in [5, 5.41) is 27.2. The first-order valence-electron chi connectivity index (χ1n) is 16.0. The predicted molar refractivity (Wildman–Crippen MR) is 205 cm³/mol. The number of nitrogens with one attached hydrogen (secondary N) is 2. The summed E-state index contributed by atoms with van der Waals surface area (Å²) in [6.45, 7) is 2.99. The first-order chi connectivity index (χ1) is 26.1. The van der Waals surface area contributed by atoms with Crippen molar-refractivity contribution < 1.29 is 57.8 Å². The Labute approximate surface area is 318 Å². The van der Waals surface area contributed by atoms with Gasteiger partial charge in [-0.3, -0.25) is 9.11 Å². The monoisotopic (exact) mass is 838 g/mol. The second kappa shape index (κ2) is 12.0. The van der Waals surface area contributed by atoms with Crippen LogP contribution >= 0.6 is 0 Å². The molecule has 0 atom stereocenters. The normalized spacial score (nSPS) is 15.4. The third-order valence-corrected chi connectivity index (χ3v) is 15.0. The molecule has 0 radical (unpaired) electrons. The van der Waals surface area contributed by atoms with Crippen LogP contribution in [0.3, 0.4) is 0 Å². The van der Waals surface area contributed by atoms with E-state index in [0.29, 0.717) is 0 Å². The summed E-state index contributed by atoms with van der Waals surface area (Å²) < 4.78 is 124. The third kappa shape index (κ3) is 5.58. The summed E-state index contributed by atoms with van der Waals surface area (Å²) in [5.41, 5.74) is -0.0695. The first-order valence-corrected chi connectivity index (χ1v) is 21.8. The Morgan fingerprint density at radius 2 is 0.946 bits per heavy atom. The van der Waals surface area contributed by atoms with Gasteiger partial charge < -0.3 is 20.8 Å². The van der Waals surface area contributed by atoms with E-state index >= 15 is 0 Å². The molecule has 0 saturated carbocycles. The van der Waals surface area contributed by atoms with Gasteiger partial charge in [0, 0.05) is 22.9 Å². The van der Waals surface area contributed by atoms with Crippen molar-refractivity contribution in [3.63, 3.8) is 0 Å². The molecule has 0 fully saturated rings. The van der Waals surface area contributed by atoms with Gasteiger partial charge in [0.25, 0.3) is 40.3 Å². The Bertz CT molecular complexity index is 3050. The minimum absolute atomic E-state index is 0.00514. The Balaban J connectivity index is 1.16. The molecule has 288 valence electrons. The summed E-state index contributed by atoms with van der Waals surface area (Å²) in [6, 6.07) is 16.4. The lowest BCUT2D eigenvalue weighted by atomic mass is 10.1. The summed E-state index contributed by atoms with van der Waals surface area (Å²) in [4.78, 5) is 12.2. The summed E-state index contributed by atoms with van der Waals surface area (Å²) in [7, 11) is -18.1. The molecule has 2 amide bonds. The van der Waals surface area contributed by atoms with Crippen LogP contribution in [-0.2, 0) is 40.3 Å². The molecule has 0 aliphatic carbocycles. The molecule has 0 aromatic heterocycles. The summed E-state index contributed by atoms with van der Waals surface area (Å²) in [5.74, 6) is -1.01. The number of anilines is 6. The summed E-state index contributed by atoms with van der Waals surface area (Å²) >= 11 is 0. The topological polar surface area (TPSA) is 265 Å². The molecule has 0 saturated heterocycles. The average molecular weight is 839 g/mol. The number of phenols is 2. The van der Waals surface area contributed by atoms with Crippen LogP contribution in [0.5, 0.6) is 11.5 Å². The minimum atomic E-state index is -4.61. The van der Waals surface area contributed by atoms with Crippen molar-refractivity contribution in [1.29, 1.82) is 0 Å². The quantitative estimate of drug-likeness (QED) is 0.108. The van der Waals surface area contributed by atoms with Crippen molar-refractivity contribution in [3.8, 4) is 11.5 Å². The number of nitrogens with zero attached hydrogens (tertiary/aromatic N) is 2. The van der Waals surface area contributed by atoms with Gasteiger partial charge in [-0.05, 0) is 84.3 Å². The Hall–Kier alpha value is -5.97. The average Bonchev–Trinajstić information content (AvgIpc) is 3.34. The van der Waals surface area contributed by atoms with Gasteiger partial charge >= 0.3 is 6.03 Å². The molecule has 21 heteroatoms. The molecule has 56 heavy (non-hydrogen) atoms. The number of hydrogen-bond acceptors (Lipinski definition) is 11. The molecule has 8 rings (SSSR count). The van der Waals surface area contributed by atoms with Gasteiger partial charge in [0.2, 0.25) is 0 Å². The van der Waals surface area contributed by atoms with Crippen LogP contribution < -0.4 is 19.2 Å². The van der Waals surface area contributed by atoms with Crippen LogP contribution in [0.25, 0.3) is 21.5 Å². The molecule has 6 aromatic carbocycles. The molecular weight excluding hydrogens is 813 g/mol. The van der Waals surface area contributed by atoms with E-state index < -0.39 is 67.6 Å². The van der Waals surface area contributed by atoms with E-state index in [1.54, 1.807) is 0 Å². The number of amides is 2. The molecular formula is C35H26N4O13S4. The van der Waals surface area contributed by atoms with Crippen molar-refractivity contribution in [3.05, 3.63) is 96.1 Å². The highest BCUT2D eigenvalue weighted by Crippen LogP contribution is 2.52. The van der Waals surface area contributed by atoms with Crippen LogP contribution in [0, 0.1) is 13.8 Å². The number of aryl methyl sites for hydroxylation is 2. The van der Waals surface area contributed by atoms with Gasteiger partial charge in [-0.15, -0.1) is 0 Å². The Morgan fingerprint density at radius 3 is 1.30 bits per heavy atom. The molecule has 17 nitrogen and oxygen atoms in total. The van der Waals surface area contributed by atoms with E-state index in [0.717, 1.165) is 45.0 Å². The largest absolute Gasteiger partial charge is 0.507 e. The molecule has 2 aliphatic rings. The fourth-order valence-electron chi connectivity index (χ4n) is 7.01. The highest BCUT2D eigenvalue weighted by molar-refractivity contribution is 7.94. The molecule has 6 N–H and O–H groups in total. The van der Waals surface area contributed by atoms with Crippen molar-refractivity contribution in [2.75, 3.05) is 19.2 Å². The fourth-order valence-corrected chi connectivity index (χ4v) is 11.8. The molecule has 2 heterocycles. The lowest BCUT2D eigenvalue weighted by Crippen LogP contribution is -2.21. The fraction of sp³-hybridized carbons (Fsp3) is 0.0571. The smallest absolute Gasteiger partial charge is 0.323 e. The van der Waals surface area contributed by atoms with Crippen LogP contribution in [0.15, 0.2) is 105 Å². The highest BCUT2D eigenvalue weighted by atomic mass is 32.2. The van der Waals surface area contributed by atoms with E-state index in [2.05, 4.69) is 10.6 Å². The first kappa shape index (κ1) is 37.0. The number of urea groups is 1. The molecule has 2 aliphatic heterocycles.